The smallest absolute Gasteiger partial charge is 0.317 e. The third-order valence-corrected chi connectivity index (χ3v) is 4.75. The van der Waals surface area contributed by atoms with E-state index in [4.69, 9.17) is 5.11 Å². The zero-order valence-corrected chi connectivity index (χ0v) is 13.8. The molecule has 0 atom stereocenters. The first-order chi connectivity index (χ1) is 9.31. The summed E-state index contributed by atoms with van der Waals surface area (Å²) in [5.41, 5.74) is 0. The first-order valence-corrected chi connectivity index (χ1v) is 7.95. The van der Waals surface area contributed by atoms with E-state index >= 15 is 0 Å². The molecule has 1 aliphatic rings. The van der Waals surface area contributed by atoms with Crippen molar-refractivity contribution < 1.29 is 9.90 Å². The first-order valence-electron chi connectivity index (χ1n) is 7.95. The number of piperidine rings is 1. The molecule has 0 bridgehead atoms. The second kappa shape index (κ2) is 7.99. The van der Waals surface area contributed by atoms with Gasteiger partial charge in [-0.1, -0.05) is 27.7 Å². The molecule has 0 amide bonds. The number of likely N-dealkylation sites (N-methyl/N-ethyl adjacent to an activating group) is 1. The Labute approximate surface area is 124 Å². The Morgan fingerprint density at radius 2 is 1.70 bits per heavy atom. The summed E-state index contributed by atoms with van der Waals surface area (Å²) in [5, 5.41) is 8.86. The molecule has 0 aromatic heterocycles. The molecular formula is C16H32N2O2. The summed E-state index contributed by atoms with van der Waals surface area (Å²) in [7, 11) is 1.93. The zero-order valence-electron chi connectivity index (χ0n) is 13.8. The van der Waals surface area contributed by atoms with Gasteiger partial charge < -0.3 is 10.0 Å². The number of rotatable bonds is 7. The molecule has 1 saturated heterocycles. The molecule has 1 N–H and O–H groups in total. The van der Waals surface area contributed by atoms with Gasteiger partial charge in [-0.2, -0.15) is 0 Å². The Kier molecular flexibility index (Phi) is 6.96. The van der Waals surface area contributed by atoms with E-state index in [9.17, 15) is 4.79 Å². The van der Waals surface area contributed by atoms with Crippen molar-refractivity contribution in [2.45, 2.75) is 46.6 Å². The number of nitrogens with zero attached hydrogens (tertiary/aromatic N) is 2. The van der Waals surface area contributed by atoms with E-state index in [1.165, 1.54) is 6.54 Å². The Bertz CT molecular complexity index is 289. The maximum Gasteiger partial charge on any atom is 0.317 e. The van der Waals surface area contributed by atoms with Crippen molar-refractivity contribution in [2.24, 2.45) is 17.8 Å². The minimum Gasteiger partial charge on any atom is -0.480 e. The van der Waals surface area contributed by atoms with Crippen molar-refractivity contribution in [1.82, 2.24) is 9.80 Å². The monoisotopic (exact) mass is 284 g/mol. The van der Waals surface area contributed by atoms with Gasteiger partial charge in [0.15, 0.2) is 0 Å². The summed E-state index contributed by atoms with van der Waals surface area (Å²) in [6, 6.07) is 0.430. The number of likely N-dealkylation sites (tertiary alicyclic amines) is 1. The predicted molar refractivity (Wildman–Crippen MR) is 82.9 cm³/mol. The van der Waals surface area contributed by atoms with E-state index in [0.717, 1.165) is 43.7 Å². The lowest BCUT2D eigenvalue weighted by Gasteiger charge is -2.39. The van der Waals surface area contributed by atoms with E-state index in [0.29, 0.717) is 6.04 Å². The number of carbonyl (C=O) groups is 1. The van der Waals surface area contributed by atoms with Crippen LogP contribution in [0.15, 0.2) is 0 Å². The largest absolute Gasteiger partial charge is 0.480 e. The van der Waals surface area contributed by atoms with Crippen LogP contribution in [-0.2, 0) is 4.79 Å². The Balaban J connectivity index is 2.40. The van der Waals surface area contributed by atoms with Crippen molar-refractivity contribution in [3.05, 3.63) is 0 Å². The Hall–Kier alpha value is -0.610. The summed E-state index contributed by atoms with van der Waals surface area (Å²) in [4.78, 5) is 15.3. The van der Waals surface area contributed by atoms with Crippen LogP contribution in [0.4, 0.5) is 0 Å². The Morgan fingerprint density at radius 1 is 1.20 bits per heavy atom. The summed E-state index contributed by atoms with van der Waals surface area (Å²) < 4.78 is 0. The lowest BCUT2D eigenvalue weighted by Crippen LogP contribution is -2.46. The van der Waals surface area contributed by atoms with Gasteiger partial charge in [0.2, 0.25) is 0 Å². The number of aliphatic carboxylic acids is 1. The van der Waals surface area contributed by atoms with Gasteiger partial charge in [-0.25, -0.2) is 0 Å². The summed E-state index contributed by atoms with van der Waals surface area (Å²) in [6.45, 7) is 12.8. The standard InChI is InChI=1S/C16H32N2O2/c1-12(2)15(13(3)4)10-18-8-6-14(7-9-18)17(5)11-16(19)20/h12-15H,6-11H2,1-5H3,(H,19,20). The van der Waals surface area contributed by atoms with Gasteiger partial charge in [0.1, 0.15) is 0 Å². The summed E-state index contributed by atoms with van der Waals surface area (Å²) >= 11 is 0. The van der Waals surface area contributed by atoms with Crippen molar-refractivity contribution >= 4 is 5.97 Å². The van der Waals surface area contributed by atoms with Crippen LogP contribution in [0.3, 0.4) is 0 Å². The van der Waals surface area contributed by atoms with Gasteiger partial charge >= 0.3 is 5.97 Å². The highest BCUT2D eigenvalue weighted by Crippen LogP contribution is 2.24. The second-order valence-corrected chi connectivity index (χ2v) is 6.99. The van der Waals surface area contributed by atoms with Crippen LogP contribution in [0.25, 0.3) is 0 Å². The fourth-order valence-electron chi connectivity index (χ4n) is 3.37. The van der Waals surface area contributed by atoms with Gasteiger partial charge in [-0.3, -0.25) is 9.69 Å². The fourth-order valence-corrected chi connectivity index (χ4v) is 3.37. The van der Waals surface area contributed by atoms with E-state index in [1.807, 2.05) is 11.9 Å². The molecule has 1 rings (SSSR count). The van der Waals surface area contributed by atoms with Gasteiger partial charge in [-0.15, -0.1) is 0 Å². The average Bonchev–Trinajstić information content (AvgIpc) is 2.35. The average molecular weight is 284 g/mol. The molecule has 0 spiro atoms. The molecular weight excluding hydrogens is 252 g/mol. The first kappa shape index (κ1) is 17.4. The molecule has 118 valence electrons. The zero-order chi connectivity index (χ0) is 15.3. The van der Waals surface area contributed by atoms with Gasteiger partial charge in [0.05, 0.1) is 6.54 Å². The SMILES string of the molecule is CC(C)C(CN1CCC(N(C)CC(=O)O)CC1)C(C)C. The molecule has 0 aliphatic carbocycles. The topological polar surface area (TPSA) is 43.8 Å². The van der Waals surface area contributed by atoms with Crippen LogP contribution in [0.2, 0.25) is 0 Å². The molecule has 1 heterocycles. The molecule has 0 radical (unpaired) electrons. The van der Waals surface area contributed by atoms with Crippen molar-refractivity contribution in [1.29, 1.82) is 0 Å². The fraction of sp³-hybridized carbons (Fsp3) is 0.938. The van der Waals surface area contributed by atoms with E-state index in [2.05, 4.69) is 32.6 Å². The second-order valence-electron chi connectivity index (χ2n) is 6.99. The molecule has 4 heteroatoms. The highest BCUT2D eigenvalue weighted by atomic mass is 16.4. The maximum atomic E-state index is 10.8. The molecule has 1 fully saturated rings. The van der Waals surface area contributed by atoms with Gasteiger partial charge in [0.25, 0.3) is 0 Å². The van der Waals surface area contributed by atoms with Crippen molar-refractivity contribution in [3.63, 3.8) is 0 Å². The highest BCUT2D eigenvalue weighted by molar-refractivity contribution is 5.69. The van der Waals surface area contributed by atoms with E-state index in [1.54, 1.807) is 0 Å². The van der Waals surface area contributed by atoms with Crippen LogP contribution in [0.5, 0.6) is 0 Å². The van der Waals surface area contributed by atoms with Gasteiger partial charge in [-0.05, 0) is 50.7 Å². The van der Waals surface area contributed by atoms with Crippen LogP contribution in [0, 0.1) is 17.8 Å². The van der Waals surface area contributed by atoms with Crippen LogP contribution < -0.4 is 0 Å². The lowest BCUT2D eigenvalue weighted by molar-refractivity contribution is -0.138. The summed E-state index contributed by atoms with van der Waals surface area (Å²) in [5.74, 6) is 1.47. The molecule has 0 unspecified atom stereocenters. The molecule has 0 aromatic carbocycles. The van der Waals surface area contributed by atoms with E-state index < -0.39 is 5.97 Å². The number of hydrogen-bond acceptors (Lipinski definition) is 3. The number of hydrogen-bond donors (Lipinski definition) is 1. The van der Waals surface area contributed by atoms with Gasteiger partial charge in [0, 0.05) is 12.6 Å². The summed E-state index contributed by atoms with van der Waals surface area (Å²) in [6.07, 6.45) is 2.18. The van der Waals surface area contributed by atoms with Crippen LogP contribution in [-0.4, -0.2) is 60.1 Å². The van der Waals surface area contributed by atoms with Crippen molar-refractivity contribution in [3.8, 4) is 0 Å². The minimum atomic E-state index is -0.727. The molecule has 0 saturated carbocycles. The maximum absolute atomic E-state index is 10.8. The van der Waals surface area contributed by atoms with Crippen molar-refractivity contribution in [2.75, 3.05) is 33.2 Å². The normalized spacial score (nSPS) is 18.6. The predicted octanol–water partition coefficient (Wildman–Crippen LogP) is 2.40. The third-order valence-electron chi connectivity index (χ3n) is 4.75. The number of carboxylic acid groups (broad SMARTS) is 1. The number of carboxylic acids is 1. The van der Waals surface area contributed by atoms with Crippen LogP contribution in [0.1, 0.15) is 40.5 Å². The molecule has 0 aromatic rings. The highest BCUT2D eigenvalue weighted by Gasteiger charge is 2.26. The van der Waals surface area contributed by atoms with Crippen LogP contribution >= 0.6 is 0 Å². The molecule has 1 aliphatic heterocycles. The lowest BCUT2D eigenvalue weighted by atomic mass is 9.84. The Morgan fingerprint density at radius 3 is 2.10 bits per heavy atom. The molecule has 20 heavy (non-hydrogen) atoms. The molecule has 4 nitrogen and oxygen atoms in total. The minimum absolute atomic E-state index is 0.158. The quantitative estimate of drug-likeness (QED) is 0.779. The third kappa shape index (κ3) is 5.41. The van der Waals surface area contributed by atoms with E-state index in [-0.39, 0.29) is 6.54 Å².